The monoisotopic (exact) mass is 228 g/mol. The summed E-state index contributed by atoms with van der Waals surface area (Å²) < 4.78 is 4.73. The lowest BCUT2D eigenvalue weighted by molar-refractivity contribution is -0.142. The van der Waals surface area contributed by atoms with Gasteiger partial charge in [0.2, 0.25) is 0 Å². The van der Waals surface area contributed by atoms with Crippen molar-refractivity contribution >= 4 is 5.97 Å². The van der Waals surface area contributed by atoms with Gasteiger partial charge in [-0.05, 0) is 45.7 Å². The molecule has 0 atom stereocenters. The molecule has 0 radical (unpaired) electrons. The van der Waals surface area contributed by atoms with Crippen LogP contribution in [-0.4, -0.2) is 50.2 Å². The van der Waals surface area contributed by atoms with Crippen molar-refractivity contribution in [3.8, 4) is 0 Å². The van der Waals surface area contributed by atoms with Crippen molar-refractivity contribution < 1.29 is 9.53 Å². The molecule has 0 saturated carbocycles. The molecule has 0 aromatic rings. The molecule has 4 nitrogen and oxygen atoms in total. The fraction of sp³-hybridized carbons (Fsp3) is 0.917. The lowest BCUT2D eigenvalue weighted by Gasteiger charge is -2.31. The standard InChI is InChI=1S/C12H24N2O2/c1-10(2)14(9-12(15)16-3)8-11-4-6-13-7-5-11/h10-11,13H,4-9H2,1-3H3. The summed E-state index contributed by atoms with van der Waals surface area (Å²) in [4.78, 5) is 13.5. The van der Waals surface area contributed by atoms with Crippen LogP contribution in [0.5, 0.6) is 0 Å². The molecule has 0 spiro atoms. The Morgan fingerprint density at radius 3 is 2.56 bits per heavy atom. The van der Waals surface area contributed by atoms with Gasteiger partial charge in [0, 0.05) is 12.6 Å². The van der Waals surface area contributed by atoms with Gasteiger partial charge in [0.25, 0.3) is 0 Å². The smallest absolute Gasteiger partial charge is 0.319 e. The lowest BCUT2D eigenvalue weighted by Crippen LogP contribution is -2.42. The van der Waals surface area contributed by atoms with Crippen molar-refractivity contribution in [2.75, 3.05) is 33.3 Å². The average Bonchev–Trinajstić information content (AvgIpc) is 2.29. The molecule has 0 aromatic heterocycles. The van der Waals surface area contributed by atoms with Crippen LogP contribution in [-0.2, 0) is 9.53 Å². The summed E-state index contributed by atoms with van der Waals surface area (Å²) in [6.07, 6.45) is 2.43. The van der Waals surface area contributed by atoms with Gasteiger partial charge in [-0.3, -0.25) is 9.69 Å². The van der Waals surface area contributed by atoms with Gasteiger partial charge in [-0.15, -0.1) is 0 Å². The third-order valence-corrected chi connectivity index (χ3v) is 3.24. The van der Waals surface area contributed by atoms with Crippen molar-refractivity contribution in [3.05, 3.63) is 0 Å². The molecular formula is C12H24N2O2. The number of methoxy groups -OCH3 is 1. The third kappa shape index (κ3) is 4.49. The molecule has 1 saturated heterocycles. The minimum atomic E-state index is -0.136. The van der Waals surface area contributed by atoms with E-state index >= 15 is 0 Å². The summed E-state index contributed by atoms with van der Waals surface area (Å²) in [5.74, 6) is 0.580. The first-order chi connectivity index (χ1) is 7.63. The number of hydrogen-bond acceptors (Lipinski definition) is 4. The highest BCUT2D eigenvalue weighted by atomic mass is 16.5. The zero-order valence-corrected chi connectivity index (χ0v) is 10.7. The highest BCUT2D eigenvalue weighted by Gasteiger charge is 2.20. The van der Waals surface area contributed by atoms with Gasteiger partial charge < -0.3 is 10.1 Å². The molecule has 0 bridgehead atoms. The molecule has 4 heteroatoms. The quantitative estimate of drug-likeness (QED) is 0.709. The van der Waals surface area contributed by atoms with Gasteiger partial charge in [-0.25, -0.2) is 0 Å². The molecular weight excluding hydrogens is 204 g/mol. The minimum Gasteiger partial charge on any atom is -0.468 e. The number of carbonyl (C=O) groups is 1. The predicted octanol–water partition coefficient (Wildman–Crippen LogP) is 0.869. The summed E-state index contributed by atoms with van der Waals surface area (Å²) in [6.45, 7) is 7.89. The fourth-order valence-electron chi connectivity index (χ4n) is 2.08. The van der Waals surface area contributed by atoms with E-state index in [2.05, 4.69) is 24.1 Å². The fourth-order valence-corrected chi connectivity index (χ4v) is 2.08. The van der Waals surface area contributed by atoms with Gasteiger partial charge in [0.05, 0.1) is 13.7 Å². The molecule has 1 N–H and O–H groups in total. The van der Waals surface area contributed by atoms with Crippen molar-refractivity contribution in [2.24, 2.45) is 5.92 Å². The Bertz CT molecular complexity index is 213. The topological polar surface area (TPSA) is 41.6 Å². The maximum absolute atomic E-state index is 11.3. The van der Waals surface area contributed by atoms with E-state index in [0.29, 0.717) is 18.5 Å². The summed E-state index contributed by atoms with van der Waals surface area (Å²) >= 11 is 0. The van der Waals surface area contributed by atoms with Gasteiger partial charge in [-0.1, -0.05) is 0 Å². The summed E-state index contributed by atoms with van der Waals surface area (Å²) in [5, 5.41) is 3.36. The summed E-state index contributed by atoms with van der Waals surface area (Å²) in [5.41, 5.74) is 0. The number of piperidine rings is 1. The lowest BCUT2D eigenvalue weighted by atomic mass is 9.97. The van der Waals surface area contributed by atoms with Crippen LogP contribution in [0.15, 0.2) is 0 Å². The molecule has 94 valence electrons. The van der Waals surface area contributed by atoms with E-state index in [-0.39, 0.29) is 5.97 Å². The van der Waals surface area contributed by atoms with Gasteiger partial charge >= 0.3 is 5.97 Å². The number of hydrogen-bond donors (Lipinski definition) is 1. The molecule has 1 aliphatic rings. The number of ether oxygens (including phenoxy) is 1. The van der Waals surface area contributed by atoms with Gasteiger partial charge in [-0.2, -0.15) is 0 Å². The molecule has 0 unspecified atom stereocenters. The summed E-state index contributed by atoms with van der Waals surface area (Å²) in [7, 11) is 1.45. The van der Waals surface area contributed by atoms with Crippen molar-refractivity contribution in [2.45, 2.75) is 32.7 Å². The van der Waals surface area contributed by atoms with E-state index in [0.717, 1.165) is 19.6 Å². The Hall–Kier alpha value is -0.610. The maximum atomic E-state index is 11.3. The van der Waals surface area contributed by atoms with Crippen LogP contribution < -0.4 is 5.32 Å². The highest BCUT2D eigenvalue weighted by Crippen LogP contribution is 2.14. The van der Waals surface area contributed by atoms with E-state index in [9.17, 15) is 4.79 Å². The van der Waals surface area contributed by atoms with Crippen LogP contribution in [0.2, 0.25) is 0 Å². The van der Waals surface area contributed by atoms with E-state index in [1.165, 1.54) is 20.0 Å². The largest absolute Gasteiger partial charge is 0.468 e. The molecule has 1 aliphatic heterocycles. The van der Waals surface area contributed by atoms with E-state index < -0.39 is 0 Å². The zero-order chi connectivity index (χ0) is 12.0. The predicted molar refractivity (Wildman–Crippen MR) is 64.3 cm³/mol. The Labute approximate surface area is 98.3 Å². The number of nitrogens with one attached hydrogen (secondary N) is 1. The van der Waals surface area contributed by atoms with E-state index in [4.69, 9.17) is 4.74 Å². The second-order valence-electron chi connectivity index (χ2n) is 4.79. The maximum Gasteiger partial charge on any atom is 0.319 e. The summed E-state index contributed by atoms with van der Waals surface area (Å²) in [6, 6.07) is 0.397. The van der Waals surface area contributed by atoms with Crippen molar-refractivity contribution in [1.29, 1.82) is 0 Å². The SMILES string of the molecule is COC(=O)CN(CC1CCNCC1)C(C)C. The average molecular weight is 228 g/mol. The normalized spacial score (nSPS) is 18.1. The third-order valence-electron chi connectivity index (χ3n) is 3.24. The van der Waals surface area contributed by atoms with Crippen LogP contribution in [0.4, 0.5) is 0 Å². The van der Waals surface area contributed by atoms with Crippen molar-refractivity contribution in [3.63, 3.8) is 0 Å². The second kappa shape index (κ2) is 6.86. The molecule has 16 heavy (non-hydrogen) atoms. The van der Waals surface area contributed by atoms with E-state index in [1.807, 2.05) is 0 Å². The Kier molecular flexibility index (Phi) is 5.77. The first kappa shape index (κ1) is 13.5. The first-order valence-electron chi connectivity index (χ1n) is 6.15. The van der Waals surface area contributed by atoms with Crippen LogP contribution in [0.1, 0.15) is 26.7 Å². The molecule has 0 amide bonds. The first-order valence-corrected chi connectivity index (χ1v) is 6.15. The van der Waals surface area contributed by atoms with Gasteiger partial charge in [0.15, 0.2) is 0 Å². The zero-order valence-electron chi connectivity index (χ0n) is 10.7. The number of carbonyl (C=O) groups excluding carboxylic acids is 1. The Morgan fingerprint density at radius 1 is 1.44 bits per heavy atom. The Balaban J connectivity index is 2.40. The highest BCUT2D eigenvalue weighted by molar-refractivity contribution is 5.71. The van der Waals surface area contributed by atoms with E-state index in [1.54, 1.807) is 0 Å². The minimum absolute atomic E-state index is 0.136. The second-order valence-corrected chi connectivity index (χ2v) is 4.79. The van der Waals surface area contributed by atoms with Crippen molar-refractivity contribution in [1.82, 2.24) is 10.2 Å². The van der Waals surface area contributed by atoms with Crippen LogP contribution in [0.3, 0.4) is 0 Å². The number of nitrogens with zero attached hydrogens (tertiary/aromatic N) is 1. The number of esters is 1. The van der Waals surface area contributed by atoms with Gasteiger partial charge in [0.1, 0.15) is 0 Å². The van der Waals surface area contributed by atoms with Crippen LogP contribution in [0, 0.1) is 5.92 Å². The molecule has 1 rings (SSSR count). The molecule has 1 heterocycles. The van der Waals surface area contributed by atoms with Crippen LogP contribution >= 0.6 is 0 Å². The molecule has 1 fully saturated rings. The molecule has 0 aliphatic carbocycles. The van der Waals surface area contributed by atoms with Crippen LogP contribution in [0.25, 0.3) is 0 Å². The Morgan fingerprint density at radius 2 is 2.06 bits per heavy atom. The molecule has 0 aromatic carbocycles. The number of rotatable bonds is 5.